The van der Waals surface area contributed by atoms with Gasteiger partial charge in [0, 0.05) is 19.5 Å². The zero-order valence-electron chi connectivity index (χ0n) is 14.3. The molecule has 0 aliphatic rings. The molecule has 3 nitrogen and oxygen atoms in total. The average Bonchev–Trinajstić information content (AvgIpc) is 2.60. The molecule has 2 aromatic rings. The van der Waals surface area contributed by atoms with Gasteiger partial charge in [-0.15, -0.1) is 12.4 Å². The predicted octanol–water partition coefficient (Wildman–Crippen LogP) is 3.68. The molecule has 24 heavy (non-hydrogen) atoms. The Balaban J connectivity index is 0.00000288. The van der Waals surface area contributed by atoms with Gasteiger partial charge in [-0.05, 0) is 37.6 Å². The van der Waals surface area contributed by atoms with Crippen LogP contribution in [-0.2, 0) is 17.8 Å². The number of carbonyl (C=O) groups is 1. The summed E-state index contributed by atoms with van der Waals surface area (Å²) in [5, 5.41) is 3.10. The smallest absolute Gasteiger partial charge is 0.222 e. The number of halogens is 1. The van der Waals surface area contributed by atoms with E-state index in [0.29, 0.717) is 13.0 Å². The number of hydrogen-bond donors (Lipinski definition) is 1. The maximum Gasteiger partial charge on any atom is 0.222 e. The molecule has 1 amide bonds. The number of carbonyl (C=O) groups excluding carboxylic acids is 1. The number of amides is 1. The van der Waals surface area contributed by atoms with Gasteiger partial charge in [0.15, 0.2) is 0 Å². The average molecular weight is 347 g/mol. The molecular weight excluding hydrogens is 320 g/mol. The van der Waals surface area contributed by atoms with Crippen molar-refractivity contribution in [3.63, 3.8) is 0 Å². The van der Waals surface area contributed by atoms with E-state index in [1.54, 1.807) is 0 Å². The second-order valence-corrected chi connectivity index (χ2v) is 5.74. The summed E-state index contributed by atoms with van der Waals surface area (Å²) < 4.78 is 0. The van der Waals surface area contributed by atoms with Crippen LogP contribution in [-0.4, -0.2) is 30.9 Å². The lowest BCUT2D eigenvalue weighted by molar-refractivity contribution is -0.131. The van der Waals surface area contributed by atoms with Crippen molar-refractivity contribution >= 4 is 18.3 Å². The van der Waals surface area contributed by atoms with Gasteiger partial charge in [-0.25, -0.2) is 0 Å². The Bertz CT molecular complexity index is 575. The highest BCUT2D eigenvalue weighted by molar-refractivity contribution is 5.85. The summed E-state index contributed by atoms with van der Waals surface area (Å²) in [6.07, 6.45) is 2.37. The summed E-state index contributed by atoms with van der Waals surface area (Å²) in [7, 11) is 1.92. The third-order valence-electron chi connectivity index (χ3n) is 3.90. The van der Waals surface area contributed by atoms with E-state index in [1.165, 1.54) is 11.1 Å². The van der Waals surface area contributed by atoms with E-state index in [-0.39, 0.29) is 18.3 Å². The molecule has 0 fully saturated rings. The number of hydrogen-bond acceptors (Lipinski definition) is 2. The third-order valence-corrected chi connectivity index (χ3v) is 3.90. The highest BCUT2D eigenvalue weighted by atomic mass is 35.5. The molecule has 2 rings (SSSR count). The van der Waals surface area contributed by atoms with Crippen LogP contribution < -0.4 is 5.32 Å². The SMILES string of the molecule is CNCCCC(=O)N(CCc1ccccc1)Cc1ccccc1.Cl. The first-order chi connectivity index (χ1) is 11.3. The molecule has 1 N–H and O–H groups in total. The van der Waals surface area contributed by atoms with E-state index < -0.39 is 0 Å². The molecule has 4 heteroatoms. The molecule has 0 saturated carbocycles. The molecule has 0 bridgehead atoms. The monoisotopic (exact) mass is 346 g/mol. The second-order valence-electron chi connectivity index (χ2n) is 5.74. The minimum Gasteiger partial charge on any atom is -0.338 e. The van der Waals surface area contributed by atoms with Gasteiger partial charge in [0.25, 0.3) is 0 Å². The quantitative estimate of drug-likeness (QED) is 0.702. The standard InChI is InChI=1S/C20H26N2O.ClH/c1-21-15-8-13-20(23)22(17-19-11-6-3-7-12-19)16-14-18-9-4-2-5-10-18;/h2-7,9-12,21H,8,13-17H2,1H3;1H. The molecule has 0 spiro atoms. The fourth-order valence-electron chi connectivity index (χ4n) is 2.58. The number of nitrogens with one attached hydrogen (secondary N) is 1. The van der Waals surface area contributed by atoms with Gasteiger partial charge >= 0.3 is 0 Å². The van der Waals surface area contributed by atoms with E-state index in [9.17, 15) is 4.79 Å². The van der Waals surface area contributed by atoms with E-state index in [1.807, 2.05) is 48.3 Å². The maximum atomic E-state index is 12.5. The Morgan fingerprint density at radius 3 is 2.12 bits per heavy atom. The summed E-state index contributed by atoms with van der Waals surface area (Å²) in [5.74, 6) is 0.236. The normalized spacial score (nSPS) is 10.0. The summed E-state index contributed by atoms with van der Waals surface area (Å²) in [6.45, 7) is 2.33. The number of nitrogens with zero attached hydrogens (tertiary/aromatic N) is 1. The Morgan fingerprint density at radius 2 is 1.54 bits per heavy atom. The topological polar surface area (TPSA) is 32.3 Å². The van der Waals surface area contributed by atoms with Gasteiger partial charge in [0.05, 0.1) is 0 Å². The van der Waals surface area contributed by atoms with Crippen LogP contribution in [0.2, 0.25) is 0 Å². The van der Waals surface area contributed by atoms with Crippen molar-refractivity contribution in [2.75, 3.05) is 20.1 Å². The molecular formula is C20H27ClN2O. The fraction of sp³-hybridized carbons (Fsp3) is 0.350. The maximum absolute atomic E-state index is 12.5. The van der Waals surface area contributed by atoms with Crippen LogP contribution in [0.15, 0.2) is 60.7 Å². The molecule has 0 aliphatic carbocycles. The lowest BCUT2D eigenvalue weighted by atomic mass is 10.1. The first kappa shape index (κ1) is 20.2. The third kappa shape index (κ3) is 7.16. The Labute approximate surface area is 151 Å². The zero-order chi connectivity index (χ0) is 16.3. The van der Waals surface area contributed by atoms with Crippen molar-refractivity contribution in [3.8, 4) is 0 Å². The van der Waals surface area contributed by atoms with Gasteiger partial charge in [0.1, 0.15) is 0 Å². The summed E-state index contributed by atoms with van der Waals surface area (Å²) in [4.78, 5) is 14.5. The van der Waals surface area contributed by atoms with Crippen LogP contribution in [0.3, 0.4) is 0 Å². The second kappa shape index (κ2) is 11.7. The molecule has 130 valence electrons. The van der Waals surface area contributed by atoms with E-state index in [4.69, 9.17) is 0 Å². The molecule has 0 unspecified atom stereocenters. The summed E-state index contributed by atoms with van der Waals surface area (Å²) in [6, 6.07) is 20.6. The van der Waals surface area contributed by atoms with E-state index in [2.05, 4.69) is 29.6 Å². The first-order valence-corrected chi connectivity index (χ1v) is 8.30. The summed E-state index contributed by atoms with van der Waals surface area (Å²) in [5.41, 5.74) is 2.45. The number of benzene rings is 2. The Kier molecular flexibility index (Phi) is 9.81. The van der Waals surface area contributed by atoms with Crippen molar-refractivity contribution in [1.29, 1.82) is 0 Å². The molecule has 0 heterocycles. The van der Waals surface area contributed by atoms with Crippen molar-refractivity contribution in [1.82, 2.24) is 10.2 Å². The molecule has 0 aliphatic heterocycles. The largest absolute Gasteiger partial charge is 0.338 e. The molecule has 2 aromatic carbocycles. The number of rotatable bonds is 9. The predicted molar refractivity (Wildman–Crippen MR) is 102 cm³/mol. The lowest BCUT2D eigenvalue weighted by Crippen LogP contribution is -2.32. The van der Waals surface area contributed by atoms with Gasteiger partial charge < -0.3 is 10.2 Å². The van der Waals surface area contributed by atoms with Gasteiger partial charge in [-0.3, -0.25) is 4.79 Å². The fourth-order valence-corrected chi connectivity index (χ4v) is 2.58. The van der Waals surface area contributed by atoms with Crippen LogP contribution in [0.25, 0.3) is 0 Å². The van der Waals surface area contributed by atoms with Gasteiger partial charge in [-0.2, -0.15) is 0 Å². The molecule has 0 radical (unpaired) electrons. The summed E-state index contributed by atoms with van der Waals surface area (Å²) >= 11 is 0. The first-order valence-electron chi connectivity index (χ1n) is 8.30. The van der Waals surface area contributed by atoms with Crippen LogP contribution in [0.5, 0.6) is 0 Å². The minimum atomic E-state index is 0. The van der Waals surface area contributed by atoms with Crippen LogP contribution in [0.1, 0.15) is 24.0 Å². The molecule has 0 atom stereocenters. The van der Waals surface area contributed by atoms with Crippen molar-refractivity contribution in [3.05, 3.63) is 71.8 Å². The van der Waals surface area contributed by atoms with Crippen LogP contribution in [0, 0.1) is 0 Å². The van der Waals surface area contributed by atoms with Gasteiger partial charge in [-0.1, -0.05) is 60.7 Å². The highest BCUT2D eigenvalue weighted by Crippen LogP contribution is 2.09. The molecule has 0 saturated heterocycles. The van der Waals surface area contributed by atoms with Crippen molar-refractivity contribution < 1.29 is 4.79 Å². The van der Waals surface area contributed by atoms with Crippen molar-refractivity contribution in [2.45, 2.75) is 25.8 Å². The highest BCUT2D eigenvalue weighted by Gasteiger charge is 2.13. The molecule has 0 aromatic heterocycles. The van der Waals surface area contributed by atoms with Crippen molar-refractivity contribution in [2.24, 2.45) is 0 Å². The van der Waals surface area contributed by atoms with Crippen LogP contribution >= 0.6 is 12.4 Å². The minimum absolute atomic E-state index is 0. The Morgan fingerprint density at radius 1 is 0.958 bits per heavy atom. The lowest BCUT2D eigenvalue weighted by Gasteiger charge is -2.23. The van der Waals surface area contributed by atoms with E-state index in [0.717, 1.165) is 25.9 Å². The van der Waals surface area contributed by atoms with Gasteiger partial charge in [0.2, 0.25) is 5.91 Å². The Hall–Kier alpha value is -1.84. The van der Waals surface area contributed by atoms with Crippen LogP contribution in [0.4, 0.5) is 0 Å². The van der Waals surface area contributed by atoms with E-state index >= 15 is 0 Å². The zero-order valence-corrected chi connectivity index (χ0v) is 15.1.